The smallest absolute Gasteiger partial charge is 0.390 e. The Morgan fingerprint density at radius 3 is 2.43 bits per heavy atom. The summed E-state index contributed by atoms with van der Waals surface area (Å²) in [4.78, 5) is 4.10. The Kier molecular flexibility index (Phi) is 6.66. The Labute approximate surface area is 128 Å². The summed E-state index contributed by atoms with van der Waals surface area (Å²) in [5, 5.41) is 1.21. The molecule has 2 rings (SSSR count). The molecular formula is C16H23N2O2Si. The normalized spacial score (nSPS) is 11.2. The fourth-order valence-electron chi connectivity index (χ4n) is 2.02. The van der Waals surface area contributed by atoms with E-state index in [9.17, 15) is 0 Å². The van der Waals surface area contributed by atoms with Gasteiger partial charge in [0.25, 0.3) is 0 Å². The van der Waals surface area contributed by atoms with E-state index >= 15 is 0 Å². The van der Waals surface area contributed by atoms with Crippen molar-refractivity contribution in [3.63, 3.8) is 0 Å². The molecule has 0 N–H and O–H groups in total. The first-order chi connectivity index (χ1) is 10.3. The quantitative estimate of drug-likeness (QED) is 0.668. The van der Waals surface area contributed by atoms with Gasteiger partial charge in [-0.3, -0.25) is 0 Å². The van der Waals surface area contributed by atoms with Crippen LogP contribution in [0.25, 0.3) is 0 Å². The van der Waals surface area contributed by atoms with Gasteiger partial charge >= 0.3 is 9.28 Å². The van der Waals surface area contributed by atoms with Crippen molar-refractivity contribution < 1.29 is 8.85 Å². The van der Waals surface area contributed by atoms with E-state index < -0.39 is 9.28 Å². The monoisotopic (exact) mass is 303 g/mol. The summed E-state index contributed by atoms with van der Waals surface area (Å²) >= 11 is 0. The third-order valence-corrected chi connectivity index (χ3v) is 4.88. The van der Waals surface area contributed by atoms with Gasteiger partial charge in [0.05, 0.1) is 6.33 Å². The molecule has 1 aromatic carbocycles. The molecule has 0 atom stereocenters. The summed E-state index contributed by atoms with van der Waals surface area (Å²) in [6.07, 6.45) is 7.63. The summed E-state index contributed by atoms with van der Waals surface area (Å²) < 4.78 is 14.1. The van der Waals surface area contributed by atoms with Gasteiger partial charge in [0.15, 0.2) is 0 Å². The number of hydrogen-bond donors (Lipinski definition) is 0. The van der Waals surface area contributed by atoms with Crippen molar-refractivity contribution in [1.82, 2.24) is 9.55 Å². The number of imidazole rings is 1. The first-order valence-corrected chi connectivity index (χ1v) is 8.83. The number of benzene rings is 1. The number of rotatable bonds is 9. The van der Waals surface area contributed by atoms with Gasteiger partial charge in [0.1, 0.15) is 0 Å². The zero-order valence-corrected chi connectivity index (χ0v) is 13.8. The molecule has 2 aromatic rings. The highest BCUT2D eigenvalue weighted by molar-refractivity contribution is 6.61. The van der Waals surface area contributed by atoms with Gasteiger partial charge in [-0.05, 0) is 18.4 Å². The van der Waals surface area contributed by atoms with Gasteiger partial charge in [0.2, 0.25) is 0 Å². The van der Waals surface area contributed by atoms with E-state index in [1.807, 2.05) is 12.5 Å². The third kappa shape index (κ3) is 4.80. The van der Waals surface area contributed by atoms with Gasteiger partial charge in [-0.2, -0.15) is 0 Å². The summed E-state index contributed by atoms with van der Waals surface area (Å²) in [6.45, 7) is 6.54. The van der Waals surface area contributed by atoms with Gasteiger partial charge < -0.3 is 13.4 Å². The van der Waals surface area contributed by atoms with Gasteiger partial charge in [0, 0.05) is 37.3 Å². The molecule has 5 heteroatoms. The lowest BCUT2D eigenvalue weighted by Crippen LogP contribution is -2.40. The summed E-state index contributed by atoms with van der Waals surface area (Å²) in [6, 6.07) is 8.40. The van der Waals surface area contributed by atoms with Crippen LogP contribution in [0.5, 0.6) is 0 Å². The van der Waals surface area contributed by atoms with Crippen LogP contribution in [-0.4, -0.2) is 32.0 Å². The molecule has 1 heterocycles. The maximum Gasteiger partial charge on any atom is 0.423 e. The topological polar surface area (TPSA) is 36.3 Å². The molecule has 113 valence electrons. The SMILES string of the molecule is CCCO[Si](OCCC)c1ccccc1Cn1ccnc1. The van der Waals surface area contributed by atoms with Crippen molar-refractivity contribution >= 4 is 14.5 Å². The number of hydrogen-bond acceptors (Lipinski definition) is 3. The molecule has 0 bridgehead atoms. The summed E-state index contributed by atoms with van der Waals surface area (Å²) in [7, 11) is -1.41. The zero-order chi connectivity index (χ0) is 14.9. The molecule has 0 aliphatic heterocycles. The standard InChI is InChI=1S/C16H23N2O2Si/c1-3-11-19-21(20-12-4-2)16-8-6-5-7-15(16)13-18-10-9-17-14-18/h5-10,14H,3-4,11-13H2,1-2H3. The molecule has 21 heavy (non-hydrogen) atoms. The highest BCUT2D eigenvalue weighted by atomic mass is 28.3. The first kappa shape index (κ1) is 15.9. The molecule has 0 saturated heterocycles. The van der Waals surface area contributed by atoms with Crippen molar-refractivity contribution in [2.24, 2.45) is 0 Å². The average Bonchev–Trinajstić information content (AvgIpc) is 3.01. The Morgan fingerprint density at radius 1 is 1.10 bits per heavy atom. The first-order valence-electron chi connectivity index (χ1n) is 7.51. The molecule has 0 spiro atoms. The Hall–Kier alpha value is -1.43. The van der Waals surface area contributed by atoms with Gasteiger partial charge in [-0.25, -0.2) is 4.98 Å². The molecule has 1 radical (unpaired) electrons. The molecule has 0 amide bonds. The number of aromatic nitrogens is 2. The largest absolute Gasteiger partial charge is 0.423 e. The number of nitrogens with zero attached hydrogens (tertiary/aromatic N) is 2. The van der Waals surface area contributed by atoms with Gasteiger partial charge in [-0.1, -0.05) is 38.1 Å². The minimum Gasteiger partial charge on any atom is -0.390 e. The second-order valence-corrected chi connectivity index (χ2v) is 6.57. The average molecular weight is 303 g/mol. The molecule has 0 saturated carbocycles. The highest BCUT2D eigenvalue weighted by Gasteiger charge is 2.22. The van der Waals surface area contributed by atoms with Gasteiger partial charge in [-0.15, -0.1) is 0 Å². The molecule has 4 nitrogen and oxygen atoms in total. The van der Waals surface area contributed by atoms with Crippen LogP contribution >= 0.6 is 0 Å². The van der Waals surface area contributed by atoms with E-state index in [1.165, 1.54) is 10.8 Å². The van der Waals surface area contributed by atoms with Crippen molar-refractivity contribution in [3.8, 4) is 0 Å². The minimum atomic E-state index is -1.41. The van der Waals surface area contributed by atoms with E-state index in [2.05, 4.69) is 47.7 Å². The molecule has 0 unspecified atom stereocenters. The Balaban J connectivity index is 2.17. The van der Waals surface area contributed by atoms with E-state index in [1.54, 1.807) is 6.20 Å². The van der Waals surface area contributed by atoms with E-state index in [0.717, 1.165) is 32.6 Å². The second kappa shape index (κ2) is 8.77. The Bertz CT molecular complexity index is 509. The van der Waals surface area contributed by atoms with Crippen molar-refractivity contribution in [2.45, 2.75) is 33.2 Å². The summed E-state index contributed by atoms with van der Waals surface area (Å²) in [5.41, 5.74) is 1.25. The minimum absolute atomic E-state index is 0.747. The molecule has 0 fully saturated rings. The zero-order valence-electron chi connectivity index (χ0n) is 12.8. The fourth-order valence-corrected chi connectivity index (χ4v) is 3.85. The van der Waals surface area contributed by atoms with Crippen LogP contribution < -0.4 is 5.19 Å². The predicted molar refractivity (Wildman–Crippen MR) is 85.6 cm³/mol. The lowest BCUT2D eigenvalue weighted by atomic mass is 10.2. The third-order valence-electron chi connectivity index (χ3n) is 3.02. The predicted octanol–water partition coefficient (Wildman–Crippen LogP) is 2.48. The lowest BCUT2D eigenvalue weighted by Gasteiger charge is -2.18. The highest BCUT2D eigenvalue weighted by Crippen LogP contribution is 2.05. The van der Waals surface area contributed by atoms with Crippen LogP contribution in [0.1, 0.15) is 32.3 Å². The van der Waals surface area contributed by atoms with Crippen molar-refractivity contribution in [1.29, 1.82) is 0 Å². The van der Waals surface area contributed by atoms with E-state index in [-0.39, 0.29) is 0 Å². The van der Waals surface area contributed by atoms with Crippen LogP contribution in [-0.2, 0) is 15.4 Å². The molecular weight excluding hydrogens is 280 g/mol. The molecule has 0 aliphatic carbocycles. The van der Waals surface area contributed by atoms with Crippen LogP contribution in [0.3, 0.4) is 0 Å². The summed E-state index contributed by atoms with van der Waals surface area (Å²) in [5.74, 6) is 0. The molecule has 1 aromatic heterocycles. The van der Waals surface area contributed by atoms with Crippen LogP contribution in [0.4, 0.5) is 0 Å². The lowest BCUT2D eigenvalue weighted by molar-refractivity contribution is 0.207. The van der Waals surface area contributed by atoms with Crippen LogP contribution in [0, 0.1) is 0 Å². The maximum absolute atomic E-state index is 5.99. The van der Waals surface area contributed by atoms with E-state index in [4.69, 9.17) is 8.85 Å². The second-order valence-electron chi connectivity index (χ2n) is 4.88. The maximum atomic E-state index is 5.99. The van der Waals surface area contributed by atoms with Crippen molar-refractivity contribution in [2.75, 3.05) is 13.2 Å². The fraction of sp³-hybridized carbons (Fsp3) is 0.438. The Morgan fingerprint density at radius 2 is 1.81 bits per heavy atom. The molecule has 0 aliphatic rings. The van der Waals surface area contributed by atoms with Crippen molar-refractivity contribution in [3.05, 3.63) is 48.5 Å². The van der Waals surface area contributed by atoms with Crippen LogP contribution in [0.15, 0.2) is 43.0 Å². The van der Waals surface area contributed by atoms with E-state index in [0.29, 0.717) is 0 Å². The van der Waals surface area contributed by atoms with Crippen LogP contribution in [0.2, 0.25) is 0 Å².